The minimum atomic E-state index is -0.963. The van der Waals surface area contributed by atoms with Gasteiger partial charge in [0.25, 0.3) is 0 Å². The van der Waals surface area contributed by atoms with Gasteiger partial charge in [0, 0.05) is 6.08 Å². The summed E-state index contributed by atoms with van der Waals surface area (Å²) in [5.74, 6) is -0.211. The zero-order valence-electron chi connectivity index (χ0n) is 10.6. The molecule has 0 saturated heterocycles. The van der Waals surface area contributed by atoms with Crippen molar-refractivity contribution in [2.45, 2.75) is 6.61 Å². The highest BCUT2D eigenvalue weighted by atomic mass is 127. The molecule has 4 heteroatoms. The molecule has 0 aliphatic carbocycles. The lowest BCUT2D eigenvalue weighted by Gasteiger charge is -2.09. The van der Waals surface area contributed by atoms with Crippen molar-refractivity contribution in [3.63, 3.8) is 0 Å². The first kappa shape index (κ1) is 14.6. The van der Waals surface area contributed by atoms with Crippen LogP contribution in [0.2, 0.25) is 0 Å². The zero-order chi connectivity index (χ0) is 14.4. The van der Waals surface area contributed by atoms with Crippen LogP contribution in [-0.4, -0.2) is 11.1 Å². The average Bonchev–Trinajstić information content (AvgIpc) is 2.46. The number of halogens is 1. The Balaban J connectivity index is 2.10. The Morgan fingerprint density at radius 3 is 2.65 bits per heavy atom. The van der Waals surface area contributed by atoms with E-state index in [4.69, 9.17) is 9.84 Å². The van der Waals surface area contributed by atoms with Crippen molar-refractivity contribution in [1.82, 2.24) is 0 Å². The second-order valence-corrected chi connectivity index (χ2v) is 5.30. The van der Waals surface area contributed by atoms with E-state index in [0.29, 0.717) is 6.61 Å². The topological polar surface area (TPSA) is 46.5 Å². The van der Waals surface area contributed by atoms with E-state index in [0.717, 1.165) is 26.5 Å². The van der Waals surface area contributed by atoms with Crippen molar-refractivity contribution in [2.75, 3.05) is 0 Å². The van der Waals surface area contributed by atoms with Crippen molar-refractivity contribution in [3.05, 3.63) is 69.3 Å². The van der Waals surface area contributed by atoms with Crippen molar-refractivity contribution >= 4 is 34.6 Å². The molecule has 20 heavy (non-hydrogen) atoms. The highest BCUT2D eigenvalue weighted by Crippen LogP contribution is 2.24. The van der Waals surface area contributed by atoms with Crippen LogP contribution in [0, 0.1) is 3.57 Å². The highest BCUT2D eigenvalue weighted by molar-refractivity contribution is 14.1. The zero-order valence-corrected chi connectivity index (χ0v) is 12.8. The van der Waals surface area contributed by atoms with Crippen LogP contribution in [-0.2, 0) is 11.4 Å². The van der Waals surface area contributed by atoms with E-state index < -0.39 is 5.97 Å². The van der Waals surface area contributed by atoms with Gasteiger partial charge in [-0.25, -0.2) is 4.79 Å². The number of rotatable bonds is 5. The monoisotopic (exact) mass is 380 g/mol. The molecule has 0 heterocycles. The first-order chi connectivity index (χ1) is 9.65. The summed E-state index contributed by atoms with van der Waals surface area (Å²) in [5, 5.41) is 8.63. The maximum absolute atomic E-state index is 10.5. The van der Waals surface area contributed by atoms with Gasteiger partial charge in [0.05, 0.1) is 3.57 Å². The molecule has 2 aromatic rings. The number of carboxylic acid groups (broad SMARTS) is 1. The first-order valence-electron chi connectivity index (χ1n) is 6.02. The van der Waals surface area contributed by atoms with Gasteiger partial charge < -0.3 is 9.84 Å². The fourth-order valence-electron chi connectivity index (χ4n) is 1.64. The predicted octanol–water partition coefficient (Wildman–Crippen LogP) is 3.97. The molecular formula is C16H13IO3. The van der Waals surface area contributed by atoms with E-state index in [2.05, 4.69) is 22.6 Å². The summed E-state index contributed by atoms with van der Waals surface area (Å²) in [5.41, 5.74) is 1.89. The molecule has 0 aromatic heterocycles. The molecule has 2 rings (SSSR count). The van der Waals surface area contributed by atoms with E-state index in [1.807, 2.05) is 48.5 Å². The number of hydrogen-bond acceptors (Lipinski definition) is 2. The van der Waals surface area contributed by atoms with Gasteiger partial charge in [0.15, 0.2) is 0 Å². The second kappa shape index (κ2) is 7.09. The number of carboxylic acids is 1. The maximum atomic E-state index is 10.5. The van der Waals surface area contributed by atoms with Crippen molar-refractivity contribution in [3.8, 4) is 5.75 Å². The molecule has 0 aliphatic rings. The Hall–Kier alpha value is -1.82. The fraction of sp³-hybridized carbons (Fsp3) is 0.0625. The smallest absolute Gasteiger partial charge is 0.328 e. The van der Waals surface area contributed by atoms with Gasteiger partial charge in [0.1, 0.15) is 12.4 Å². The summed E-state index contributed by atoms with van der Waals surface area (Å²) < 4.78 is 6.77. The Kier molecular flexibility index (Phi) is 5.17. The van der Waals surface area contributed by atoms with E-state index >= 15 is 0 Å². The minimum Gasteiger partial charge on any atom is -0.488 e. The normalized spacial score (nSPS) is 10.7. The molecule has 0 atom stereocenters. The van der Waals surface area contributed by atoms with Crippen LogP contribution in [0.4, 0.5) is 0 Å². The van der Waals surface area contributed by atoms with Crippen LogP contribution in [0.1, 0.15) is 11.1 Å². The molecule has 0 bridgehead atoms. The number of benzene rings is 2. The van der Waals surface area contributed by atoms with Crippen molar-refractivity contribution in [2.24, 2.45) is 0 Å². The number of aliphatic carboxylic acids is 1. The van der Waals surface area contributed by atoms with E-state index in [1.54, 1.807) is 6.08 Å². The van der Waals surface area contributed by atoms with Crippen molar-refractivity contribution in [1.29, 1.82) is 0 Å². The lowest BCUT2D eigenvalue weighted by Crippen LogP contribution is -1.97. The van der Waals surface area contributed by atoms with Crippen LogP contribution in [0.5, 0.6) is 5.75 Å². The standard InChI is InChI=1S/C16H13IO3/c17-14-8-6-12(7-9-16(18)19)10-15(14)20-11-13-4-2-1-3-5-13/h1-10H,11H2,(H,18,19). The van der Waals surface area contributed by atoms with Gasteiger partial charge in [-0.2, -0.15) is 0 Å². The molecule has 0 radical (unpaired) electrons. The van der Waals surface area contributed by atoms with E-state index in [9.17, 15) is 4.79 Å². The quantitative estimate of drug-likeness (QED) is 0.631. The highest BCUT2D eigenvalue weighted by Gasteiger charge is 2.02. The van der Waals surface area contributed by atoms with Gasteiger partial charge in [-0.15, -0.1) is 0 Å². The van der Waals surface area contributed by atoms with Crippen LogP contribution in [0.3, 0.4) is 0 Å². The third-order valence-corrected chi connectivity index (χ3v) is 3.50. The molecule has 0 fully saturated rings. The fourth-order valence-corrected chi connectivity index (χ4v) is 2.13. The molecule has 0 aliphatic heterocycles. The lowest BCUT2D eigenvalue weighted by atomic mass is 10.2. The number of hydrogen-bond donors (Lipinski definition) is 1. The first-order valence-corrected chi connectivity index (χ1v) is 7.10. The van der Waals surface area contributed by atoms with Crippen LogP contribution in [0.25, 0.3) is 6.08 Å². The minimum absolute atomic E-state index is 0.489. The molecule has 2 aromatic carbocycles. The average molecular weight is 380 g/mol. The van der Waals surface area contributed by atoms with Gasteiger partial charge in [0.2, 0.25) is 0 Å². The number of carbonyl (C=O) groups is 1. The Labute approximate surface area is 131 Å². The Morgan fingerprint density at radius 1 is 1.20 bits per heavy atom. The van der Waals surface area contributed by atoms with E-state index in [1.165, 1.54) is 0 Å². The summed E-state index contributed by atoms with van der Waals surface area (Å²) in [6.07, 6.45) is 2.66. The third-order valence-electron chi connectivity index (χ3n) is 2.61. The number of ether oxygens (including phenoxy) is 1. The summed E-state index contributed by atoms with van der Waals surface area (Å²) >= 11 is 2.20. The maximum Gasteiger partial charge on any atom is 0.328 e. The molecule has 102 valence electrons. The van der Waals surface area contributed by atoms with Gasteiger partial charge in [-0.05, 0) is 51.9 Å². The summed E-state index contributed by atoms with van der Waals surface area (Å²) in [6.45, 7) is 0.489. The lowest BCUT2D eigenvalue weighted by molar-refractivity contribution is -0.131. The molecule has 0 unspecified atom stereocenters. The third kappa shape index (κ3) is 4.38. The summed E-state index contributed by atoms with van der Waals surface area (Å²) in [6, 6.07) is 15.5. The molecule has 0 amide bonds. The molecule has 0 saturated carbocycles. The molecule has 3 nitrogen and oxygen atoms in total. The van der Waals surface area contributed by atoms with Crippen molar-refractivity contribution < 1.29 is 14.6 Å². The second-order valence-electron chi connectivity index (χ2n) is 4.14. The molecule has 0 spiro atoms. The Bertz CT molecular complexity index is 621. The largest absolute Gasteiger partial charge is 0.488 e. The van der Waals surface area contributed by atoms with E-state index in [-0.39, 0.29) is 0 Å². The van der Waals surface area contributed by atoms with Gasteiger partial charge in [-0.3, -0.25) is 0 Å². The molecule has 1 N–H and O–H groups in total. The van der Waals surface area contributed by atoms with Crippen LogP contribution >= 0.6 is 22.6 Å². The van der Waals surface area contributed by atoms with Gasteiger partial charge in [-0.1, -0.05) is 36.4 Å². The Morgan fingerprint density at radius 2 is 1.95 bits per heavy atom. The molecular weight excluding hydrogens is 367 g/mol. The van der Waals surface area contributed by atoms with Crippen LogP contribution in [0.15, 0.2) is 54.6 Å². The van der Waals surface area contributed by atoms with Crippen LogP contribution < -0.4 is 4.74 Å². The van der Waals surface area contributed by atoms with Gasteiger partial charge >= 0.3 is 5.97 Å². The summed E-state index contributed by atoms with van der Waals surface area (Å²) in [7, 11) is 0. The predicted molar refractivity (Wildman–Crippen MR) is 86.6 cm³/mol. The SMILES string of the molecule is O=C(O)C=Cc1ccc(I)c(OCc2ccccc2)c1. The summed E-state index contributed by atoms with van der Waals surface area (Å²) in [4.78, 5) is 10.5.